The number of hydrogen-bond acceptors (Lipinski definition) is 4. The van der Waals surface area contributed by atoms with Crippen molar-refractivity contribution in [1.29, 1.82) is 0 Å². The minimum Gasteiger partial charge on any atom is -0.489 e. The maximum atomic E-state index is 12.4. The van der Waals surface area contributed by atoms with E-state index in [0.29, 0.717) is 18.1 Å². The van der Waals surface area contributed by atoms with Gasteiger partial charge in [0.15, 0.2) is 11.5 Å². The maximum Gasteiger partial charge on any atom is 0.533 e. The third-order valence-electron chi connectivity index (χ3n) is 2.77. The van der Waals surface area contributed by atoms with Crippen LogP contribution in [0.1, 0.15) is 5.56 Å². The molecule has 21 heavy (non-hydrogen) atoms. The first kappa shape index (κ1) is 17.3. The molecule has 1 amide bonds. The maximum absolute atomic E-state index is 12.4. The second-order valence-corrected chi connectivity index (χ2v) is 10.2. The number of halogens is 3. The summed E-state index contributed by atoms with van der Waals surface area (Å²) < 4.78 is 12.5. The normalized spacial score (nSPS) is 13.4. The van der Waals surface area contributed by atoms with Gasteiger partial charge in [-0.2, -0.15) is 8.68 Å². The molecular weight excluding hydrogens is 490 g/mol. The van der Waals surface area contributed by atoms with Crippen LogP contribution >= 0.6 is 59.7 Å². The van der Waals surface area contributed by atoms with Gasteiger partial charge in [-0.25, -0.2) is 0 Å². The number of carbonyl (C=O) groups excluding carboxylic acids is 1. The Morgan fingerprint density at radius 2 is 2.05 bits per heavy atom. The van der Waals surface area contributed by atoms with Crippen molar-refractivity contribution in [3.63, 3.8) is 0 Å². The standard InChI is InChI=1S/C13H13Br3NO3S/c1-17(2,21-12(16)11(14)15)13(18)20-9-5-3-4-8-6-7-19-10(8)9/h3-5H,6-7H2,1-2H3/q+1. The van der Waals surface area contributed by atoms with Gasteiger partial charge in [0, 0.05) is 12.0 Å². The summed E-state index contributed by atoms with van der Waals surface area (Å²) in [4.78, 5) is 12.4. The molecule has 1 aromatic carbocycles. The van der Waals surface area contributed by atoms with E-state index < -0.39 is 0 Å². The van der Waals surface area contributed by atoms with Crippen LogP contribution in [0.3, 0.4) is 0 Å². The van der Waals surface area contributed by atoms with E-state index >= 15 is 0 Å². The van der Waals surface area contributed by atoms with E-state index in [2.05, 4.69) is 47.8 Å². The monoisotopic (exact) mass is 500 g/mol. The lowest BCUT2D eigenvalue weighted by Gasteiger charge is -2.22. The fourth-order valence-corrected chi connectivity index (χ4v) is 3.84. The van der Waals surface area contributed by atoms with Crippen molar-refractivity contribution in [2.24, 2.45) is 0 Å². The van der Waals surface area contributed by atoms with Crippen LogP contribution in [0, 0.1) is 0 Å². The number of nitrogens with zero attached hydrogens (tertiary/aromatic N) is 1. The predicted molar refractivity (Wildman–Crippen MR) is 95.2 cm³/mol. The van der Waals surface area contributed by atoms with Gasteiger partial charge in [-0.15, -0.1) is 0 Å². The SMILES string of the molecule is C[N+](C)(SC(Br)=C(Br)Br)C(=O)Oc1cccc2c1OCC2. The van der Waals surface area contributed by atoms with Gasteiger partial charge in [0.25, 0.3) is 0 Å². The van der Waals surface area contributed by atoms with Gasteiger partial charge in [-0.05, 0) is 53.9 Å². The van der Waals surface area contributed by atoms with Crippen LogP contribution in [0.25, 0.3) is 0 Å². The van der Waals surface area contributed by atoms with Crippen molar-refractivity contribution in [3.05, 3.63) is 31.0 Å². The third-order valence-corrected chi connectivity index (χ3v) is 6.95. The summed E-state index contributed by atoms with van der Waals surface area (Å²) in [5, 5.41) is 0. The average molecular weight is 503 g/mol. The number of para-hydroxylation sites is 1. The molecule has 0 radical (unpaired) electrons. The molecule has 0 saturated heterocycles. The number of carbonyl (C=O) groups is 1. The lowest BCUT2D eigenvalue weighted by Crippen LogP contribution is -2.40. The van der Waals surface area contributed by atoms with Crippen molar-refractivity contribution < 1.29 is 18.2 Å². The van der Waals surface area contributed by atoms with Gasteiger partial charge in [-0.1, -0.05) is 12.1 Å². The predicted octanol–water partition coefficient (Wildman–Crippen LogP) is 5.16. The Hall–Kier alpha value is -0.0200. The largest absolute Gasteiger partial charge is 0.533 e. The van der Waals surface area contributed by atoms with Crippen LogP contribution in [-0.2, 0) is 6.42 Å². The molecule has 2 rings (SSSR count). The van der Waals surface area contributed by atoms with Crippen molar-refractivity contribution in [1.82, 2.24) is 0 Å². The van der Waals surface area contributed by atoms with Crippen molar-refractivity contribution >= 4 is 65.8 Å². The first-order valence-corrected chi connectivity index (χ1v) is 9.18. The summed E-state index contributed by atoms with van der Waals surface area (Å²) in [5.41, 5.74) is 1.07. The highest BCUT2D eigenvalue weighted by Gasteiger charge is 2.34. The molecule has 0 saturated carbocycles. The Bertz CT molecular complexity index is 600. The van der Waals surface area contributed by atoms with Crippen LogP contribution in [0.5, 0.6) is 11.5 Å². The number of hydrogen-bond donors (Lipinski definition) is 0. The van der Waals surface area contributed by atoms with Gasteiger partial charge in [0.05, 0.1) is 24.1 Å². The number of benzene rings is 1. The van der Waals surface area contributed by atoms with Crippen LogP contribution in [0.4, 0.5) is 4.79 Å². The van der Waals surface area contributed by atoms with E-state index in [9.17, 15) is 4.79 Å². The molecule has 0 aromatic heterocycles. The lowest BCUT2D eigenvalue weighted by molar-refractivity contribution is -0.667. The second-order valence-electron chi connectivity index (χ2n) is 4.69. The van der Waals surface area contributed by atoms with Gasteiger partial charge in [0.1, 0.15) is 15.8 Å². The average Bonchev–Trinajstić information content (AvgIpc) is 2.87. The minimum absolute atomic E-state index is 0.0368. The molecule has 0 fully saturated rings. The van der Waals surface area contributed by atoms with Crippen LogP contribution in [0.15, 0.2) is 25.4 Å². The number of quaternary nitrogens is 1. The van der Waals surface area contributed by atoms with Gasteiger partial charge < -0.3 is 9.47 Å². The first-order valence-electron chi connectivity index (χ1n) is 6.02. The van der Waals surface area contributed by atoms with Crippen molar-refractivity contribution in [3.8, 4) is 11.5 Å². The van der Waals surface area contributed by atoms with Crippen LogP contribution in [0.2, 0.25) is 0 Å². The molecular formula is C13H13Br3NO3S+. The molecule has 0 atom stereocenters. The molecule has 8 heteroatoms. The summed E-state index contributed by atoms with van der Waals surface area (Å²) >= 11 is 11.3. The summed E-state index contributed by atoms with van der Waals surface area (Å²) in [5.74, 6) is 1.15. The minimum atomic E-state index is -0.387. The Labute approximate surface area is 153 Å². The molecule has 4 nitrogen and oxygen atoms in total. The Kier molecular flexibility index (Phi) is 5.81. The van der Waals surface area contributed by atoms with Crippen LogP contribution < -0.4 is 9.47 Å². The highest BCUT2D eigenvalue weighted by molar-refractivity contribution is 9.29. The molecule has 0 spiro atoms. The third kappa shape index (κ3) is 4.25. The summed E-state index contributed by atoms with van der Waals surface area (Å²) in [7, 11) is 3.50. The molecule has 1 aliphatic rings. The molecule has 0 N–H and O–H groups in total. The summed E-state index contributed by atoms with van der Waals surface area (Å²) in [6, 6.07) is 5.60. The lowest BCUT2D eigenvalue weighted by atomic mass is 10.1. The molecule has 1 aliphatic heterocycles. The van der Waals surface area contributed by atoms with E-state index in [1.54, 1.807) is 20.2 Å². The van der Waals surface area contributed by atoms with Crippen molar-refractivity contribution in [2.45, 2.75) is 6.42 Å². The van der Waals surface area contributed by atoms with E-state index in [1.165, 1.54) is 11.9 Å². The molecule has 1 aromatic rings. The summed E-state index contributed by atoms with van der Waals surface area (Å²) in [6.07, 6.45) is 0.459. The highest BCUT2D eigenvalue weighted by atomic mass is 79.9. The Morgan fingerprint density at radius 1 is 1.33 bits per heavy atom. The molecule has 1 heterocycles. The van der Waals surface area contributed by atoms with Gasteiger partial charge in [-0.3, -0.25) is 0 Å². The number of fused-ring (bicyclic) bond motifs is 1. The topological polar surface area (TPSA) is 35.5 Å². The molecule has 0 bridgehead atoms. The smallest absolute Gasteiger partial charge is 0.489 e. The van der Waals surface area contributed by atoms with E-state index in [4.69, 9.17) is 9.47 Å². The molecule has 0 aliphatic carbocycles. The van der Waals surface area contributed by atoms with E-state index in [0.717, 1.165) is 19.2 Å². The van der Waals surface area contributed by atoms with E-state index in [1.807, 2.05) is 12.1 Å². The number of ether oxygens (including phenoxy) is 2. The molecule has 0 unspecified atom stereocenters. The van der Waals surface area contributed by atoms with Crippen molar-refractivity contribution in [2.75, 3.05) is 20.7 Å². The second kappa shape index (κ2) is 7.04. The number of rotatable bonds is 3. The van der Waals surface area contributed by atoms with Gasteiger partial charge >= 0.3 is 6.09 Å². The zero-order valence-corrected chi connectivity index (χ0v) is 16.9. The first-order chi connectivity index (χ1) is 9.81. The quantitative estimate of drug-likeness (QED) is 0.422. The Morgan fingerprint density at radius 3 is 2.71 bits per heavy atom. The highest BCUT2D eigenvalue weighted by Crippen LogP contribution is 2.40. The zero-order chi connectivity index (χ0) is 15.6. The summed E-state index contributed by atoms with van der Waals surface area (Å²) in [6.45, 7) is 0.627. The Balaban J connectivity index is 2.15. The zero-order valence-electron chi connectivity index (χ0n) is 11.4. The fourth-order valence-electron chi connectivity index (χ4n) is 1.74. The molecule has 114 valence electrons. The number of amides is 1. The van der Waals surface area contributed by atoms with Crippen LogP contribution in [-0.4, -0.2) is 30.7 Å². The fraction of sp³-hybridized carbons (Fsp3) is 0.308. The van der Waals surface area contributed by atoms with Gasteiger partial charge in [0.2, 0.25) is 0 Å². The van der Waals surface area contributed by atoms with E-state index in [-0.39, 0.29) is 9.98 Å².